The van der Waals surface area contributed by atoms with Crippen LogP contribution in [0.4, 0.5) is 0 Å². The quantitative estimate of drug-likeness (QED) is 0.132. The molecule has 0 unspecified atom stereocenters. The van der Waals surface area contributed by atoms with Gasteiger partial charge in [-0.05, 0) is 72.9 Å². The molecule has 0 bridgehead atoms. The Morgan fingerprint density at radius 1 is 0.586 bits per heavy atom. The summed E-state index contributed by atoms with van der Waals surface area (Å²) in [4.78, 5) is 83.8. The molecule has 298 valence electrons. The van der Waals surface area contributed by atoms with Gasteiger partial charge in [-0.25, -0.2) is 0 Å². The first-order valence-electron chi connectivity index (χ1n) is 18.7. The number of esters is 2. The number of phenols is 4. The van der Waals surface area contributed by atoms with Crippen LogP contribution in [0.5, 0.6) is 23.0 Å². The van der Waals surface area contributed by atoms with E-state index in [-0.39, 0.29) is 68.5 Å². The maximum absolute atomic E-state index is 14.2. The molecule has 0 aliphatic heterocycles. The molecule has 14 nitrogen and oxygen atoms in total. The molecule has 6 N–H and O–H groups in total. The summed E-state index contributed by atoms with van der Waals surface area (Å²) in [6, 6.07) is 10.3. The van der Waals surface area contributed by atoms with Crippen molar-refractivity contribution in [2.75, 3.05) is 14.2 Å². The van der Waals surface area contributed by atoms with Gasteiger partial charge >= 0.3 is 11.9 Å². The normalized spacial score (nSPS) is 25.4. The summed E-state index contributed by atoms with van der Waals surface area (Å²) < 4.78 is 10.3. The van der Waals surface area contributed by atoms with E-state index in [0.717, 1.165) is 14.2 Å². The number of phenolic OH excluding ortho intramolecular Hbond substituents is 4. The van der Waals surface area contributed by atoms with E-state index in [1.165, 1.54) is 48.5 Å². The minimum Gasteiger partial charge on any atom is -0.507 e. The molecule has 4 aliphatic carbocycles. The molecular formula is C44H38O14. The smallest absolute Gasteiger partial charge is 0.316 e. The lowest BCUT2D eigenvalue weighted by Gasteiger charge is -2.50. The average molecular weight is 791 g/mol. The van der Waals surface area contributed by atoms with Crippen molar-refractivity contribution in [2.24, 2.45) is 0 Å². The summed E-state index contributed by atoms with van der Waals surface area (Å²) in [6.07, 6.45) is -1.00. The van der Waals surface area contributed by atoms with Crippen LogP contribution in [0.1, 0.15) is 149 Å². The Morgan fingerprint density at radius 3 is 1.28 bits per heavy atom. The van der Waals surface area contributed by atoms with E-state index >= 15 is 0 Å². The fraction of sp³-hybridized carbons (Fsp3) is 0.318. The van der Waals surface area contributed by atoms with Crippen molar-refractivity contribution >= 4 is 35.1 Å². The number of fused-ring (bicyclic) bond motifs is 6. The summed E-state index contributed by atoms with van der Waals surface area (Å²) in [6.45, 7) is 3.19. The predicted octanol–water partition coefficient (Wildman–Crippen LogP) is 4.53. The van der Waals surface area contributed by atoms with Gasteiger partial charge in [-0.15, -0.1) is 0 Å². The lowest BCUT2D eigenvalue weighted by atomic mass is 9.55. The van der Waals surface area contributed by atoms with Crippen molar-refractivity contribution < 1.29 is 68.9 Å². The molecule has 0 saturated heterocycles. The Bertz CT molecular complexity index is 2410. The number of carbonyl (C=O) groups excluding carboxylic acids is 6. The van der Waals surface area contributed by atoms with Crippen molar-refractivity contribution in [1.82, 2.24) is 0 Å². The van der Waals surface area contributed by atoms with Gasteiger partial charge in [-0.1, -0.05) is 38.1 Å². The fourth-order valence-electron chi connectivity index (χ4n) is 10.1. The lowest BCUT2D eigenvalue weighted by Crippen LogP contribution is -2.50. The Balaban J connectivity index is 1.46. The van der Waals surface area contributed by atoms with E-state index < -0.39 is 117 Å². The largest absolute Gasteiger partial charge is 0.507 e. The molecule has 4 aromatic rings. The highest BCUT2D eigenvalue weighted by Gasteiger charge is 2.58. The van der Waals surface area contributed by atoms with Gasteiger partial charge in [-0.2, -0.15) is 0 Å². The molecular weight excluding hydrogens is 752 g/mol. The van der Waals surface area contributed by atoms with Gasteiger partial charge in [0.05, 0.1) is 47.7 Å². The topological polar surface area (TPSA) is 242 Å². The third kappa shape index (κ3) is 4.97. The molecule has 14 heteroatoms. The molecule has 8 rings (SSSR count). The summed E-state index contributed by atoms with van der Waals surface area (Å²) in [5.41, 5.74) is -7.07. The number of benzene rings is 4. The first kappa shape index (κ1) is 38.5. The van der Waals surface area contributed by atoms with Crippen molar-refractivity contribution in [3.05, 3.63) is 115 Å². The number of aromatic hydroxyl groups is 4. The zero-order chi connectivity index (χ0) is 41.9. The molecule has 0 spiro atoms. The number of carbonyl (C=O) groups is 6. The Labute approximate surface area is 330 Å². The van der Waals surface area contributed by atoms with E-state index in [9.17, 15) is 59.4 Å². The van der Waals surface area contributed by atoms with Crippen molar-refractivity contribution in [1.29, 1.82) is 0 Å². The summed E-state index contributed by atoms with van der Waals surface area (Å²) in [5.74, 6) is -13.4. The molecule has 0 amide bonds. The monoisotopic (exact) mass is 790 g/mol. The molecule has 0 heterocycles. The number of hydrogen-bond donors (Lipinski definition) is 6. The zero-order valence-electron chi connectivity index (χ0n) is 31.7. The summed E-state index contributed by atoms with van der Waals surface area (Å²) in [7, 11) is 2.19. The van der Waals surface area contributed by atoms with Crippen LogP contribution in [0.15, 0.2) is 48.5 Å². The van der Waals surface area contributed by atoms with E-state index in [1.54, 1.807) is 13.8 Å². The summed E-state index contributed by atoms with van der Waals surface area (Å²) >= 11 is 0. The summed E-state index contributed by atoms with van der Waals surface area (Å²) in [5, 5.41) is 71.2. The molecule has 0 fully saturated rings. The fourth-order valence-corrected chi connectivity index (χ4v) is 10.1. The second-order valence-electron chi connectivity index (χ2n) is 15.5. The first-order chi connectivity index (χ1) is 27.5. The highest BCUT2D eigenvalue weighted by Crippen LogP contribution is 2.62. The van der Waals surface area contributed by atoms with Crippen LogP contribution in [0.3, 0.4) is 0 Å². The molecule has 0 saturated carbocycles. The van der Waals surface area contributed by atoms with E-state index in [0.29, 0.717) is 0 Å². The second-order valence-corrected chi connectivity index (χ2v) is 15.5. The van der Waals surface area contributed by atoms with E-state index in [2.05, 4.69) is 0 Å². The van der Waals surface area contributed by atoms with Gasteiger partial charge in [0.15, 0.2) is 11.6 Å². The van der Waals surface area contributed by atoms with Gasteiger partial charge in [0.25, 0.3) is 0 Å². The second kappa shape index (κ2) is 13.1. The van der Waals surface area contributed by atoms with Crippen molar-refractivity contribution in [2.45, 2.75) is 74.4 Å². The standard InChI is InChI=1S/C44H38O14/c1-5-43(55)15-23(27-19(33(43)41(53)57-3)13-21-31(37(27)49)39(51)29-17(35(21)47)9-7-11-25(29)45)24-16-44(56,6-2)34(42(54)58-4)20-14-22-32(38(50)28(20)24)40(52)30-18(36(22)48)10-8-12-26(30)46/h7-14,23-24,33-34,45-46,49-50,55-56H,5-6,15-16H2,1-4H3/t23-,24-,33-,34+,43-,44-/m1/s1. The van der Waals surface area contributed by atoms with E-state index in [1.807, 2.05) is 0 Å². The van der Waals surface area contributed by atoms with Crippen molar-refractivity contribution in [3.8, 4) is 23.0 Å². The van der Waals surface area contributed by atoms with Crippen LogP contribution in [0.25, 0.3) is 0 Å². The number of rotatable bonds is 5. The Morgan fingerprint density at radius 2 is 0.948 bits per heavy atom. The molecule has 6 atom stereocenters. The highest BCUT2D eigenvalue weighted by molar-refractivity contribution is 6.31. The van der Waals surface area contributed by atoms with Gasteiger partial charge in [-0.3, -0.25) is 28.8 Å². The molecule has 0 aromatic heterocycles. The third-order valence-electron chi connectivity index (χ3n) is 12.9. The predicted molar refractivity (Wildman–Crippen MR) is 201 cm³/mol. The van der Waals surface area contributed by atoms with Gasteiger partial charge < -0.3 is 40.1 Å². The van der Waals surface area contributed by atoms with Gasteiger partial charge in [0.2, 0.25) is 11.6 Å². The number of ketones is 4. The van der Waals surface area contributed by atoms with Crippen molar-refractivity contribution in [3.63, 3.8) is 0 Å². The maximum atomic E-state index is 14.2. The number of ether oxygens (including phenoxy) is 2. The lowest BCUT2D eigenvalue weighted by molar-refractivity contribution is -0.154. The Hall–Kier alpha value is -6.38. The average Bonchev–Trinajstić information content (AvgIpc) is 3.20. The molecule has 58 heavy (non-hydrogen) atoms. The zero-order valence-corrected chi connectivity index (χ0v) is 31.7. The Kier molecular flexibility index (Phi) is 8.68. The number of aliphatic hydroxyl groups is 2. The van der Waals surface area contributed by atoms with Crippen LogP contribution >= 0.6 is 0 Å². The highest BCUT2D eigenvalue weighted by atomic mass is 16.5. The van der Waals surface area contributed by atoms with Crippen LogP contribution in [-0.4, -0.2) is 91.1 Å². The van der Waals surface area contributed by atoms with Crippen LogP contribution < -0.4 is 0 Å². The van der Waals surface area contributed by atoms with Crippen LogP contribution in [0.2, 0.25) is 0 Å². The third-order valence-corrected chi connectivity index (χ3v) is 12.9. The van der Waals surface area contributed by atoms with Crippen LogP contribution in [-0.2, 0) is 19.1 Å². The minimum absolute atomic E-state index is 0.0901. The maximum Gasteiger partial charge on any atom is 0.316 e. The number of hydrogen-bond acceptors (Lipinski definition) is 14. The first-order valence-corrected chi connectivity index (χ1v) is 18.7. The van der Waals surface area contributed by atoms with Gasteiger partial charge in [0, 0.05) is 33.4 Å². The van der Waals surface area contributed by atoms with E-state index in [4.69, 9.17) is 9.47 Å². The van der Waals surface area contributed by atoms with Crippen LogP contribution in [0, 0.1) is 0 Å². The number of methoxy groups -OCH3 is 2. The minimum atomic E-state index is -1.99. The molecule has 4 aromatic carbocycles. The SMILES string of the molecule is CC[C@@]1(O)C[C@H]([C@H]2C[C@](O)(CC)[C@@H](C(=O)OC)c3cc4c(c(O)c32)C(=O)c2c(O)cccc2C4=O)c2c(cc3c(c2O)C(=O)c2c(O)cccc2C3=O)[C@H]1C(=O)OC. The van der Waals surface area contributed by atoms with Gasteiger partial charge in [0.1, 0.15) is 34.8 Å². The molecule has 0 radical (unpaired) electrons. The molecule has 4 aliphatic rings.